The molecule has 0 radical (unpaired) electrons. The smallest absolute Gasteiger partial charge is 0.252 e. The highest BCUT2D eigenvalue weighted by Crippen LogP contribution is 2.25. The maximum Gasteiger partial charge on any atom is 0.252 e. The first-order chi connectivity index (χ1) is 10.2. The van der Waals surface area contributed by atoms with E-state index >= 15 is 0 Å². The number of hydrogen-bond donors (Lipinski definition) is 0. The van der Waals surface area contributed by atoms with Crippen LogP contribution in [0, 0.1) is 0 Å². The van der Waals surface area contributed by atoms with Crippen molar-refractivity contribution in [2.45, 2.75) is 23.2 Å². The molecule has 0 saturated carbocycles. The van der Waals surface area contributed by atoms with Crippen LogP contribution in [-0.2, 0) is 10.0 Å². The van der Waals surface area contributed by atoms with Crippen molar-refractivity contribution < 1.29 is 13.2 Å². The third kappa shape index (κ3) is 3.22. The van der Waals surface area contributed by atoms with Crippen LogP contribution in [0.15, 0.2) is 40.3 Å². The Morgan fingerprint density at radius 2 is 2.29 bits per heavy atom. The second-order valence-corrected chi connectivity index (χ2v) is 7.83. The van der Waals surface area contributed by atoms with Gasteiger partial charge in [0.2, 0.25) is 5.88 Å². The monoisotopic (exact) mass is 325 g/mol. The molecule has 1 atom stereocenters. The molecule has 3 rings (SSSR count). The minimum atomic E-state index is -3.41. The summed E-state index contributed by atoms with van der Waals surface area (Å²) >= 11 is 1.24. The van der Waals surface area contributed by atoms with Gasteiger partial charge in [0.25, 0.3) is 10.0 Å². The molecule has 0 amide bonds. The van der Waals surface area contributed by atoms with Gasteiger partial charge in [-0.1, -0.05) is 6.07 Å². The third-order valence-corrected chi connectivity index (χ3v) is 6.50. The second kappa shape index (κ2) is 6.08. The van der Waals surface area contributed by atoms with Gasteiger partial charge in [-0.25, -0.2) is 13.4 Å². The maximum atomic E-state index is 12.5. The fraction of sp³-hybridized carbons (Fsp3) is 0.385. The molecule has 1 aliphatic heterocycles. The molecule has 3 heterocycles. The molecular weight excluding hydrogens is 310 g/mol. The van der Waals surface area contributed by atoms with Crippen LogP contribution in [0.3, 0.4) is 0 Å². The molecule has 0 aromatic carbocycles. The summed E-state index contributed by atoms with van der Waals surface area (Å²) in [5, 5.41) is 1.77. The predicted octanol–water partition coefficient (Wildman–Crippen LogP) is 1.77. The number of aromatic nitrogens is 2. The van der Waals surface area contributed by atoms with Crippen LogP contribution in [0.25, 0.3) is 0 Å². The van der Waals surface area contributed by atoms with E-state index in [9.17, 15) is 8.42 Å². The van der Waals surface area contributed by atoms with Gasteiger partial charge in [-0.2, -0.15) is 4.31 Å². The van der Waals surface area contributed by atoms with Crippen molar-refractivity contribution in [3.05, 3.63) is 36.1 Å². The number of thiophene rings is 1. The van der Waals surface area contributed by atoms with E-state index in [4.69, 9.17) is 4.74 Å². The van der Waals surface area contributed by atoms with Gasteiger partial charge in [-0.3, -0.25) is 4.98 Å². The summed E-state index contributed by atoms with van der Waals surface area (Å²) in [6.07, 6.45) is 6.06. The molecule has 21 heavy (non-hydrogen) atoms. The average Bonchev–Trinajstić information content (AvgIpc) is 3.04. The highest BCUT2D eigenvalue weighted by atomic mass is 32.2. The van der Waals surface area contributed by atoms with Crippen LogP contribution in [0.2, 0.25) is 0 Å². The molecule has 1 fully saturated rings. The zero-order valence-corrected chi connectivity index (χ0v) is 12.9. The van der Waals surface area contributed by atoms with Gasteiger partial charge in [-0.15, -0.1) is 11.3 Å². The average molecular weight is 325 g/mol. The molecule has 1 saturated heterocycles. The summed E-state index contributed by atoms with van der Waals surface area (Å²) in [7, 11) is -3.41. The van der Waals surface area contributed by atoms with Crippen molar-refractivity contribution in [3.63, 3.8) is 0 Å². The Morgan fingerprint density at radius 1 is 1.38 bits per heavy atom. The summed E-state index contributed by atoms with van der Waals surface area (Å²) in [5.41, 5.74) is 0. The second-order valence-electron chi connectivity index (χ2n) is 4.72. The van der Waals surface area contributed by atoms with Crippen LogP contribution >= 0.6 is 11.3 Å². The third-order valence-electron chi connectivity index (χ3n) is 3.26. The lowest BCUT2D eigenvalue weighted by Gasteiger charge is -2.31. The summed E-state index contributed by atoms with van der Waals surface area (Å²) in [5.74, 6) is 0.429. The fourth-order valence-corrected chi connectivity index (χ4v) is 4.93. The minimum absolute atomic E-state index is 0.190. The molecular formula is C13H15N3O3S2. The number of ether oxygens (including phenoxy) is 1. The fourth-order valence-electron chi connectivity index (χ4n) is 2.27. The molecule has 0 spiro atoms. The minimum Gasteiger partial charge on any atom is -0.472 e. The van der Waals surface area contributed by atoms with Gasteiger partial charge in [0.05, 0.1) is 12.7 Å². The number of piperidine rings is 1. The Balaban J connectivity index is 1.71. The topological polar surface area (TPSA) is 72.4 Å². The molecule has 6 nitrogen and oxygen atoms in total. The maximum absolute atomic E-state index is 12.5. The number of sulfonamides is 1. The van der Waals surface area contributed by atoms with E-state index in [0.29, 0.717) is 23.2 Å². The van der Waals surface area contributed by atoms with Crippen molar-refractivity contribution in [3.8, 4) is 5.88 Å². The molecule has 1 unspecified atom stereocenters. The summed E-state index contributed by atoms with van der Waals surface area (Å²) < 4.78 is 32.6. The Morgan fingerprint density at radius 3 is 3.00 bits per heavy atom. The van der Waals surface area contributed by atoms with Gasteiger partial charge < -0.3 is 4.74 Å². The Labute approximate surface area is 127 Å². The van der Waals surface area contributed by atoms with Crippen LogP contribution in [0.1, 0.15) is 12.8 Å². The zero-order chi connectivity index (χ0) is 14.7. The first-order valence-corrected chi connectivity index (χ1v) is 8.94. The van der Waals surface area contributed by atoms with Gasteiger partial charge in [0, 0.05) is 18.9 Å². The van der Waals surface area contributed by atoms with Crippen molar-refractivity contribution >= 4 is 21.4 Å². The van der Waals surface area contributed by atoms with Gasteiger partial charge >= 0.3 is 0 Å². The van der Waals surface area contributed by atoms with Crippen LogP contribution in [0.5, 0.6) is 5.88 Å². The lowest BCUT2D eigenvalue weighted by atomic mass is 10.1. The number of hydrogen-bond acceptors (Lipinski definition) is 6. The standard InChI is InChI=1S/C13H15N3O3S2/c17-21(18,13-4-2-8-20-13)16-7-1-3-11(10-16)19-12-9-14-5-6-15-12/h2,4-6,8-9,11H,1,3,7,10H2. The molecule has 2 aromatic rings. The SMILES string of the molecule is O=S(=O)(c1cccs1)N1CCCC(Oc2cnccn2)C1. The van der Waals surface area contributed by atoms with Crippen LogP contribution in [0.4, 0.5) is 0 Å². The van der Waals surface area contributed by atoms with E-state index in [1.165, 1.54) is 21.8 Å². The van der Waals surface area contributed by atoms with E-state index in [0.717, 1.165) is 12.8 Å². The highest BCUT2D eigenvalue weighted by molar-refractivity contribution is 7.91. The number of rotatable bonds is 4. The van der Waals surface area contributed by atoms with E-state index in [2.05, 4.69) is 9.97 Å². The molecule has 112 valence electrons. The van der Waals surface area contributed by atoms with Crippen molar-refractivity contribution in [2.24, 2.45) is 0 Å². The van der Waals surface area contributed by atoms with Gasteiger partial charge in [-0.05, 0) is 24.3 Å². The Bertz CT molecular complexity index is 674. The van der Waals surface area contributed by atoms with E-state index in [1.807, 2.05) is 0 Å². The number of nitrogens with zero attached hydrogens (tertiary/aromatic N) is 3. The zero-order valence-electron chi connectivity index (χ0n) is 11.3. The van der Waals surface area contributed by atoms with Crippen LogP contribution < -0.4 is 4.74 Å². The lowest BCUT2D eigenvalue weighted by Crippen LogP contribution is -2.44. The van der Waals surface area contributed by atoms with E-state index in [-0.39, 0.29) is 6.10 Å². The highest BCUT2D eigenvalue weighted by Gasteiger charge is 2.31. The van der Waals surface area contributed by atoms with E-state index < -0.39 is 10.0 Å². The van der Waals surface area contributed by atoms with Gasteiger partial charge in [0.15, 0.2) is 0 Å². The van der Waals surface area contributed by atoms with Crippen molar-refractivity contribution in [1.29, 1.82) is 0 Å². The molecule has 0 N–H and O–H groups in total. The molecule has 1 aliphatic rings. The predicted molar refractivity (Wildman–Crippen MR) is 78.8 cm³/mol. The van der Waals surface area contributed by atoms with Crippen molar-refractivity contribution in [1.82, 2.24) is 14.3 Å². The Hall–Kier alpha value is -1.51. The molecule has 8 heteroatoms. The summed E-state index contributed by atoms with van der Waals surface area (Å²) in [6.45, 7) is 0.872. The summed E-state index contributed by atoms with van der Waals surface area (Å²) in [4.78, 5) is 8.00. The first-order valence-electron chi connectivity index (χ1n) is 6.62. The summed E-state index contributed by atoms with van der Waals surface area (Å²) in [6, 6.07) is 3.38. The van der Waals surface area contributed by atoms with Crippen LogP contribution in [-0.4, -0.2) is 41.9 Å². The first kappa shape index (κ1) is 14.4. The molecule has 0 bridgehead atoms. The molecule has 0 aliphatic carbocycles. The van der Waals surface area contributed by atoms with E-state index in [1.54, 1.807) is 29.9 Å². The van der Waals surface area contributed by atoms with Crippen molar-refractivity contribution in [2.75, 3.05) is 13.1 Å². The normalized spacial score (nSPS) is 20.3. The van der Waals surface area contributed by atoms with Gasteiger partial charge in [0.1, 0.15) is 10.3 Å². The quantitative estimate of drug-likeness (QED) is 0.856. The lowest BCUT2D eigenvalue weighted by molar-refractivity contribution is 0.124. The largest absolute Gasteiger partial charge is 0.472 e. The Kier molecular flexibility index (Phi) is 4.18. The molecule has 2 aromatic heterocycles.